The maximum Gasteiger partial charge on any atom is 0.255 e. The lowest BCUT2D eigenvalue weighted by Crippen LogP contribution is -2.14. The van der Waals surface area contributed by atoms with E-state index in [0.717, 1.165) is 28.0 Å². The zero-order valence-corrected chi connectivity index (χ0v) is 21.9. The number of nitrogens with zero attached hydrogens (tertiary/aromatic N) is 3. The van der Waals surface area contributed by atoms with Crippen LogP contribution in [0.2, 0.25) is 0 Å². The van der Waals surface area contributed by atoms with Crippen molar-refractivity contribution >= 4 is 41.6 Å². The van der Waals surface area contributed by atoms with Crippen LogP contribution >= 0.6 is 0 Å². The Morgan fingerprint density at radius 3 is 2.39 bits per heavy atom. The Bertz CT molecular complexity index is 1220. The molecule has 1 aromatic carbocycles. The average molecular weight is 486 g/mol. The monoisotopic (exact) mass is 485 g/mol. The second-order valence-electron chi connectivity index (χ2n) is 7.67. The highest BCUT2D eigenvalue weighted by atomic mass is 16.1. The van der Waals surface area contributed by atoms with Crippen LogP contribution in [0.1, 0.15) is 41.0 Å². The number of rotatable bonds is 9. The zero-order valence-electron chi connectivity index (χ0n) is 21.9. The van der Waals surface area contributed by atoms with E-state index in [1.165, 1.54) is 6.08 Å². The Balaban J connectivity index is 0.00000205. The zero-order chi connectivity index (χ0) is 27.1. The fourth-order valence-corrected chi connectivity index (χ4v) is 3.08. The molecule has 0 fully saturated rings. The van der Waals surface area contributed by atoms with Crippen LogP contribution in [0.25, 0.3) is 11.3 Å². The van der Waals surface area contributed by atoms with Crippen molar-refractivity contribution in [3.8, 4) is 0 Å². The van der Waals surface area contributed by atoms with Gasteiger partial charge in [-0.15, -0.1) is 0 Å². The van der Waals surface area contributed by atoms with E-state index in [-0.39, 0.29) is 5.91 Å². The normalized spacial score (nSPS) is 12.3. The molecule has 2 aromatic rings. The Hall–Kier alpha value is -4.23. The minimum atomic E-state index is -0.271. The summed E-state index contributed by atoms with van der Waals surface area (Å²) in [4.78, 5) is 36.0. The topological polar surface area (TPSA) is 95.8 Å². The smallest absolute Gasteiger partial charge is 0.255 e. The number of aryl methyl sites for hydroxylation is 1. The predicted octanol–water partition coefficient (Wildman–Crippen LogP) is 5.32. The molecule has 1 heterocycles. The molecular formula is C29H35N5O2. The van der Waals surface area contributed by atoms with Gasteiger partial charge in [0.1, 0.15) is 5.69 Å². The number of carbonyl (C=O) groups excluding carboxylic acids is 2. The molecule has 0 radical (unpaired) electrons. The van der Waals surface area contributed by atoms with Gasteiger partial charge in [-0.2, -0.15) is 0 Å². The minimum Gasteiger partial charge on any atom is -0.323 e. The van der Waals surface area contributed by atoms with Crippen molar-refractivity contribution in [1.82, 2.24) is 10.3 Å². The van der Waals surface area contributed by atoms with Crippen LogP contribution in [-0.4, -0.2) is 50.7 Å². The van der Waals surface area contributed by atoms with E-state index in [2.05, 4.69) is 38.9 Å². The SMILES string of the molecule is C=C/C(=C\C(C)=NC)C(=O)Nc1ccc(C)c(C(/C=C(\N=C)c2ccnc(C=O)c2)=C/C)c1.CNC. The number of nitrogens with one attached hydrogen (secondary N) is 2. The molecule has 0 saturated heterocycles. The first kappa shape index (κ1) is 29.8. The number of pyridine rings is 1. The largest absolute Gasteiger partial charge is 0.323 e. The maximum absolute atomic E-state index is 12.7. The number of aliphatic imine (C=N–C) groups is 2. The van der Waals surface area contributed by atoms with Crippen molar-refractivity contribution in [3.63, 3.8) is 0 Å². The van der Waals surface area contributed by atoms with Gasteiger partial charge < -0.3 is 10.6 Å². The van der Waals surface area contributed by atoms with Gasteiger partial charge in [0.15, 0.2) is 6.29 Å². The standard InChI is InChI=1S/C27H28N4O2.C2H7N/c1-7-20(15-26(29-6)22-11-12-30-24(14-22)17-32)25-16-23(10-9-18(25)3)31-27(33)21(8-2)13-19(4)28-5;1-3-2/h7-17H,2,6H2,1,3-5H3,(H,31,33);3H,1-2H3/b20-7+,21-13+,26-15-,28-19?;. The molecule has 0 spiro atoms. The Morgan fingerprint density at radius 1 is 1.14 bits per heavy atom. The fraction of sp³-hybridized carbons (Fsp3) is 0.207. The Kier molecular flexibility index (Phi) is 12.9. The van der Waals surface area contributed by atoms with Gasteiger partial charge in [-0.25, -0.2) is 0 Å². The van der Waals surface area contributed by atoms with Crippen LogP contribution in [-0.2, 0) is 4.79 Å². The predicted molar refractivity (Wildman–Crippen MR) is 153 cm³/mol. The van der Waals surface area contributed by atoms with Gasteiger partial charge in [0.05, 0.1) is 5.70 Å². The summed E-state index contributed by atoms with van der Waals surface area (Å²) in [6.07, 6.45) is 9.28. The molecule has 1 aromatic heterocycles. The van der Waals surface area contributed by atoms with E-state index >= 15 is 0 Å². The number of anilines is 1. The number of benzene rings is 1. The molecule has 0 saturated carbocycles. The molecule has 36 heavy (non-hydrogen) atoms. The Labute approximate surface area is 214 Å². The summed E-state index contributed by atoms with van der Waals surface area (Å²) in [6.45, 7) is 13.1. The van der Waals surface area contributed by atoms with Crippen molar-refractivity contribution in [2.24, 2.45) is 9.98 Å². The van der Waals surface area contributed by atoms with Gasteiger partial charge in [0.2, 0.25) is 0 Å². The summed E-state index contributed by atoms with van der Waals surface area (Å²) in [5.74, 6) is -0.271. The number of aromatic nitrogens is 1. The van der Waals surface area contributed by atoms with Crippen molar-refractivity contribution in [2.45, 2.75) is 20.8 Å². The molecular weight excluding hydrogens is 450 g/mol. The molecule has 0 unspecified atom stereocenters. The highest BCUT2D eigenvalue weighted by molar-refractivity contribution is 6.10. The molecule has 0 aliphatic carbocycles. The molecule has 1 amide bonds. The van der Waals surface area contributed by atoms with Gasteiger partial charge in [-0.1, -0.05) is 24.8 Å². The van der Waals surface area contributed by atoms with E-state index < -0.39 is 0 Å². The van der Waals surface area contributed by atoms with Gasteiger partial charge >= 0.3 is 0 Å². The summed E-state index contributed by atoms with van der Waals surface area (Å²) in [5.41, 5.74) is 6.30. The summed E-state index contributed by atoms with van der Waals surface area (Å²) < 4.78 is 0. The third kappa shape index (κ3) is 8.85. The second-order valence-corrected chi connectivity index (χ2v) is 7.67. The van der Waals surface area contributed by atoms with Crippen LogP contribution in [0.15, 0.2) is 83.0 Å². The quantitative estimate of drug-likeness (QED) is 0.217. The highest BCUT2D eigenvalue weighted by Gasteiger charge is 2.11. The molecule has 0 aliphatic rings. The first-order valence-electron chi connectivity index (χ1n) is 11.3. The lowest BCUT2D eigenvalue weighted by atomic mass is 9.97. The molecule has 188 valence electrons. The highest BCUT2D eigenvalue weighted by Crippen LogP contribution is 2.28. The summed E-state index contributed by atoms with van der Waals surface area (Å²) in [7, 11) is 5.42. The fourth-order valence-electron chi connectivity index (χ4n) is 3.08. The van der Waals surface area contributed by atoms with Crippen molar-refractivity contribution in [3.05, 3.63) is 95.4 Å². The number of hydrogen-bond donors (Lipinski definition) is 2. The summed E-state index contributed by atoms with van der Waals surface area (Å²) in [6, 6.07) is 9.13. The second kappa shape index (κ2) is 15.6. The first-order valence-corrected chi connectivity index (χ1v) is 11.3. The number of carbonyl (C=O) groups is 2. The number of hydrogen-bond acceptors (Lipinski definition) is 6. The lowest BCUT2D eigenvalue weighted by molar-refractivity contribution is -0.112. The first-order chi connectivity index (χ1) is 17.3. The summed E-state index contributed by atoms with van der Waals surface area (Å²) >= 11 is 0. The lowest BCUT2D eigenvalue weighted by Gasteiger charge is -2.13. The third-order valence-corrected chi connectivity index (χ3v) is 4.98. The molecule has 0 aliphatic heterocycles. The number of aldehydes is 1. The van der Waals surface area contributed by atoms with Gasteiger partial charge in [-0.3, -0.25) is 24.6 Å². The molecule has 0 atom stereocenters. The molecule has 0 bridgehead atoms. The van der Waals surface area contributed by atoms with Crippen LogP contribution in [0.5, 0.6) is 0 Å². The van der Waals surface area contributed by atoms with Crippen LogP contribution < -0.4 is 10.6 Å². The van der Waals surface area contributed by atoms with E-state index in [1.807, 2.05) is 65.2 Å². The van der Waals surface area contributed by atoms with Crippen LogP contribution in [0.4, 0.5) is 5.69 Å². The average Bonchev–Trinajstić information content (AvgIpc) is 2.89. The van der Waals surface area contributed by atoms with Gasteiger partial charge in [0, 0.05) is 35.8 Å². The van der Waals surface area contributed by atoms with Crippen LogP contribution in [0, 0.1) is 6.92 Å². The van der Waals surface area contributed by atoms with Crippen LogP contribution in [0.3, 0.4) is 0 Å². The van der Waals surface area contributed by atoms with E-state index in [1.54, 1.807) is 31.5 Å². The van der Waals surface area contributed by atoms with Crippen molar-refractivity contribution < 1.29 is 9.59 Å². The molecule has 7 nitrogen and oxygen atoms in total. The van der Waals surface area contributed by atoms with E-state index in [9.17, 15) is 9.59 Å². The summed E-state index contributed by atoms with van der Waals surface area (Å²) in [5, 5.41) is 5.67. The van der Waals surface area contributed by atoms with Crippen molar-refractivity contribution in [1.29, 1.82) is 0 Å². The van der Waals surface area contributed by atoms with Gasteiger partial charge in [0.25, 0.3) is 5.91 Å². The molecule has 2 rings (SSSR count). The van der Waals surface area contributed by atoms with E-state index in [4.69, 9.17) is 0 Å². The number of allylic oxidation sites excluding steroid dienone is 4. The van der Waals surface area contributed by atoms with Gasteiger partial charge in [-0.05, 0) is 94.7 Å². The molecule has 7 heteroatoms. The molecule has 2 N–H and O–H groups in total. The maximum atomic E-state index is 12.7. The third-order valence-electron chi connectivity index (χ3n) is 4.98. The number of amides is 1. The minimum absolute atomic E-state index is 0.271. The van der Waals surface area contributed by atoms with E-state index in [0.29, 0.717) is 28.9 Å². The Morgan fingerprint density at radius 2 is 1.83 bits per heavy atom. The van der Waals surface area contributed by atoms with Crippen molar-refractivity contribution in [2.75, 3.05) is 26.5 Å².